The van der Waals surface area contributed by atoms with Crippen LogP contribution >= 0.6 is 11.8 Å². The van der Waals surface area contributed by atoms with E-state index < -0.39 is 17.4 Å². The molecule has 1 saturated heterocycles. The molecule has 2 aliphatic rings. The highest BCUT2D eigenvalue weighted by atomic mass is 32.2. The highest BCUT2D eigenvalue weighted by Crippen LogP contribution is 2.45. The third-order valence-corrected chi connectivity index (χ3v) is 5.83. The van der Waals surface area contributed by atoms with Gasteiger partial charge < -0.3 is 14.9 Å². The van der Waals surface area contributed by atoms with Crippen LogP contribution in [0.2, 0.25) is 0 Å². The quantitative estimate of drug-likeness (QED) is 0.797. The van der Waals surface area contributed by atoms with Gasteiger partial charge >= 0.3 is 5.97 Å². The van der Waals surface area contributed by atoms with Gasteiger partial charge in [-0.3, -0.25) is 14.4 Å². The van der Waals surface area contributed by atoms with Crippen LogP contribution in [0, 0.1) is 5.41 Å². The van der Waals surface area contributed by atoms with Gasteiger partial charge in [-0.2, -0.15) is 0 Å². The number of carboxylic acids is 1. The molecule has 0 radical (unpaired) electrons. The van der Waals surface area contributed by atoms with Crippen LogP contribution in [0.4, 0.5) is 0 Å². The van der Waals surface area contributed by atoms with Crippen LogP contribution in [-0.2, 0) is 14.4 Å². The van der Waals surface area contributed by atoms with E-state index in [-0.39, 0.29) is 18.2 Å². The number of aliphatic carboxylic acids is 1. The van der Waals surface area contributed by atoms with Crippen LogP contribution in [0.5, 0.6) is 0 Å². The molecule has 1 unspecified atom stereocenters. The van der Waals surface area contributed by atoms with Crippen LogP contribution in [0.25, 0.3) is 0 Å². The standard InChI is InChI=1S/C15H24N2O4S/c1-3-16(4-2)13(19)11-9-22-10-17(11)12(18)8-15(14(20)21)6-5-7-15/h11H,3-10H2,1-2H3,(H,20,21). The van der Waals surface area contributed by atoms with Gasteiger partial charge in [0.2, 0.25) is 11.8 Å². The third-order valence-electron chi connectivity index (χ3n) is 4.82. The summed E-state index contributed by atoms with van der Waals surface area (Å²) < 4.78 is 0. The predicted octanol–water partition coefficient (Wildman–Crippen LogP) is 1.40. The monoisotopic (exact) mass is 328 g/mol. The van der Waals surface area contributed by atoms with Gasteiger partial charge in [0, 0.05) is 25.3 Å². The van der Waals surface area contributed by atoms with Crippen molar-refractivity contribution in [3.63, 3.8) is 0 Å². The molecular formula is C15H24N2O4S. The number of thioether (sulfide) groups is 1. The molecule has 0 aromatic rings. The van der Waals surface area contributed by atoms with Gasteiger partial charge in [-0.15, -0.1) is 11.8 Å². The number of carbonyl (C=O) groups excluding carboxylic acids is 2. The lowest BCUT2D eigenvalue weighted by molar-refractivity contribution is -0.160. The number of amides is 2. The minimum Gasteiger partial charge on any atom is -0.481 e. The van der Waals surface area contributed by atoms with Crippen LogP contribution in [0.1, 0.15) is 39.5 Å². The van der Waals surface area contributed by atoms with E-state index in [1.807, 2.05) is 13.8 Å². The summed E-state index contributed by atoms with van der Waals surface area (Å²) in [6, 6.07) is -0.441. The van der Waals surface area contributed by atoms with Gasteiger partial charge in [0.15, 0.2) is 0 Å². The second kappa shape index (κ2) is 6.89. The Morgan fingerprint density at radius 3 is 2.36 bits per heavy atom. The van der Waals surface area contributed by atoms with E-state index in [4.69, 9.17) is 0 Å². The molecule has 1 heterocycles. The lowest BCUT2D eigenvalue weighted by Gasteiger charge is -2.38. The van der Waals surface area contributed by atoms with Gasteiger partial charge in [0.25, 0.3) is 0 Å². The molecule has 2 fully saturated rings. The lowest BCUT2D eigenvalue weighted by Crippen LogP contribution is -2.51. The second-order valence-corrected chi connectivity index (χ2v) is 7.01. The number of likely N-dealkylation sites (N-methyl/N-ethyl adjacent to an activating group) is 1. The fourth-order valence-electron chi connectivity index (χ4n) is 3.10. The summed E-state index contributed by atoms with van der Waals surface area (Å²) in [4.78, 5) is 39.8. The average molecular weight is 328 g/mol. The Labute approximate surface area is 135 Å². The molecule has 1 N–H and O–H groups in total. The summed E-state index contributed by atoms with van der Waals surface area (Å²) in [6.07, 6.45) is 1.99. The third kappa shape index (κ3) is 3.09. The largest absolute Gasteiger partial charge is 0.481 e. The number of rotatable bonds is 6. The van der Waals surface area contributed by atoms with E-state index in [9.17, 15) is 19.5 Å². The molecule has 124 valence electrons. The molecule has 0 aromatic carbocycles. The maximum absolute atomic E-state index is 12.6. The Hall–Kier alpha value is -1.24. The second-order valence-electron chi connectivity index (χ2n) is 6.01. The van der Waals surface area contributed by atoms with Crippen molar-refractivity contribution in [1.29, 1.82) is 0 Å². The van der Waals surface area contributed by atoms with Gasteiger partial charge in [-0.05, 0) is 26.7 Å². The Balaban J connectivity index is 2.05. The minimum atomic E-state index is -0.896. The van der Waals surface area contributed by atoms with E-state index >= 15 is 0 Å². The molecule has 2 rings (SSSR count). The molecular weight excluding hydrogens is 304 g/mol. The van der Waals surface area contributed by atoms with Crippen molar-refractivity contribution in [3.8, 4) is 0 Å². The van der Waals surface area contributed by atoms with Crippen molar-refractivity contribution in [3.05, 3.63) is 0 Å². The zero-order chi connectivity index (χ0) is 16.3. The van der Waals surface area contributed by atoms with Crippen LogP contribution < -0.4 is 0 Å². The highest BCUT2D eigenvalue weighted by molar-refractivity contribution is 7.99. The Bertz CT molecular complexity index is 460. The Morgan fingerprint density at radius 2 is 1.91 bits per heavy atom. The van der Waals surface area contributed by atoms with E-state index in [2.05, 4.69) is 0 Å². The molecule has 1 aliphatic carbocycles. The molecule has 0 spiro atoms. The van der Waals surface area contributed by atoms with Crippen molar-refractivity contribution in [2.45, 2.75) is 45.6 Å². The van der Waals surface area contributed by atoms with Crippen LogP contribution in [0.15, 0.2) is 0 Å². The van der Waals surface area contributed by atoms with Crippen molar-refractivity contribution in [2.24, 2.45) is 5.41 Å². The van der Waals surface area contributed by atoms with Gasteiger partial charge in [0.1, 0.15) is 6.04 Å². The number of carboxylic acid groups (broad SMARTS) is 1. The highest BCUT2D eigenvalue weighted by Gasteiger charge is 2.48. The molecule has 1 aliphatic heterocycles. The van der Waals surface area contributed by atoms with E-state index in [1.165, 1.54) is 0 Å². The molecule has 1 atom stereocenters. The fraction of sp³-hybridized carbons (Fsp3) is 0.800. The lowest BCUT2D eigenvalue weighted by atomic mass is 9.66. The van der Waals surface area contributed by atoms with Crippen molar-refractivity contribution in [1.82, 2.24) is 9.80 Å². The molecule has 7 heteroatoms. The topological polar surface area (TPSA) is 77.9 Å². The molecule has 1 saturated carbocycles. The minimum absolute atomic E-state index is 0.0188. The van der Waals surface area contributed by atoms with Crippen molar-refractivity contribution < 1.29 is 19.5 Å². The summed E-state index contributed by atoms with van der Waals surface area (Å²) in [5.74, 6) is -0.0302. The molecule has 2 amide bonds. The zero-order valence-electron chi connectivity index (χ0n) is 13.2. The SMILES string of the molecule is CCN(CC)C(=O)C1CSCN1C(=O)CC1(C(=O)O)CCC1. The molecule has 6 nitrogen and oxygen atoms in total. The maximum Gasteiger partial charge on any atom is 0.310 e. The van der Waals surface area contributed by atoms with E-state index in [0.717, 1.165) is 6.42 Å². The zero-order valence-corrected chi connectivity index (χ0v) is 14.0. The van der Waals surface area contributed by atoms with Crippen LogP contribution in [-0.4, -0.2) is 63.5 Å². The summed E-state index contributed by atoms with van der Waals surface area (Å²) in [5, 5.41) is 9.36. The first kappa shape index (κ1) is 17.1. The first-order chi connectivity index (χ1) is 10.4. The summed E-state index contributed by atoms with van der Waals surface area (Å²) in [7, 11) is 0. The molecule has 0 bridgehead atoms. The summed E-state index contributed by atoms with van der Waals surface area (Å²) in [5.41, 5.74) is -0.896. The van der Waals surface area contributed by atoms with E-state index in [0.29, 0.717) is 37.6 Å². The first-order valence-corrected chi connectivity index (χ1v) is 9.00. The summed E-state index contributed by atoms with van der Waals surface area (Å²) in [6.45, 7) is 5.09. The predicted molar refractivity (Wildman–Crippen MR) is 84.4 cm³/mol. The van der Waals surface area contributed by atoms with Gasteiger partial charge in [-0.25, -0.2) is 0 Å². The number of hydrogen-bond donors (Lipinski definition) is 1. The van der Waals surface area contributed by atoms with E-state index in [1.54, 1.807) is 21.6 Å². The number of carbonyl (C=O) groups is 3. The normalized spacial score (nSPS) is 23.0. The first-order valence-electron chi connectivity index (χ1n) is 7.84. The Kier molecular flexibility index (Phi) is 5.36. The average Bonchev–Trinajstić information content (AvgIpc) is 2.92. The number of nitrogens with zero attached hydrogens (tertiary/aromatic N) is 2. The molecule has 22 heavy (non-hydrogen) atoms. The summed E-state index contributed by atoms with van der Waals surface area (Å²) >= 11 is 1.56. The Morgan fingerprint density at radius 1 is 1.27 bits per heavy atom. The van der Waals surface area contributed by atoms with Crippen molar-refractivity contribution in [2.75, 3.05) is 24.7 Å². The number of hydrogen-bond acceptors (Lipinski definition) is 4. The van der Waals surface area contributed by atoms with Crippen LogP contribution in [0.3, 0.4) is 0 Å². The fourth-order valence-corrected chi connectivity index (χ4v) is 4.27. The molecule has 0 aromatic heterocycles. The van der Waals surface area contributed by atoms with Crippen molar-refractivity contribution >= 4 is 29.5 Å². The smallest absolute Gasteiger partial charge is 0.310 e. The van der Waals surface area contributed by atoms with Gasteiger partial charge in [0.05, 0.1) is 11.3 Å². The van der Waals surface area contributed by atoms with Gasteiger partial charge in [-0.1, -0.05) is 6.42 Å². The maximum atomic E-state index is 12.6.